The van der Waals surface area contributed by atoms with E-state index < -0.39 is 0 Å². The number of hydrogen-bond donors (Lipinski definition) is 0. The summed E-state index contributed by atoms with van der Waals surface area (Å²) < 4.78 is 0. The Bertz CT molecular complexity index is 1620. The molecule has 50 heavy (non-hydrogen) atoms. The maximum absolute atomic E-state index is 5.35. The van der Waals surface area contributed by atoms with Crippen molar-refractivity contribution in [1.29, 1.82) is 0 Å². The normalized spacial score (nSPS) is 10.5. The van der Waals surface area contributed by atoms with Crippen molar-refractivity contribution in [3.05, 3.63) is 229 Å². The maximum atomic E-state index is 5.35. The Morgan fingerprint density at radius 2 is 0.880 bits per heavy atom. The van der Waals surface area contributed by atoms with E-state index in [1.807, 2.05) is 104 Å². The van der Waals surface area contributed by atoms with Gasteiger partial charge in [0.1, 0.15) is 0 Å². The van der Waals surface area contributed by atoms with Gasteiger partial charge in [0.15, 0.2) is 0 Å². The zero-order valence-corrected chi connectivity index (χ0v) is 34.1. The van der Waals surface area contributed by atoms with Gasteiger partial charge < -0.3 is 5.32 Å². The van der Waals surface area contributed by atoms with E-state index in [-0.39, 0.29) is 31.9 Å². The number of nitrogens with zero attached hydrogens (tertiary/aromatic N) is 2. The summed E-state index contributed by atoms with van der Waals surface area (Å²) in [6.07, 6.45) is 0.848. The Morgan fingerprint density at radius 1 is 0.500 bits per heavy atom. The summed E-state index contributed by atoms with van der Waals surface area (Å²) in [6, 6.07) is 53.1. The minimum atomic E-state index is -0.000278. The largest absolute Gasteiger partial charge is 0.676 e. The average molecular weight is 823 g/mol. The van der Waals surface area contributed by atoms with Gasteiger partial charge in [-0.1, -0.05) is 118 Å². The van der Waals surface area contributed by atoms with Gasteiger partial charge in [0.2, 0.25) is 0 Å². The molecule has 0 fully saturated rings. The van der Waals surface area contributed by atoms with Gasteiger partial charge >= 0.3 is 0 Å². The third-order valence-corrected chi connectivity index (χ3v) is 7.68. The zero-order valence-electron chi connectivity index (χ0n) is 30.5. The molecule has 0 saturated carbocycles. The van der Waals surface area contributed by atoms with Crippen LogP contribution in [-0.2, 0) is 32.3 Å². The number of aromatic nitrogens is 1. The summed E-state index contributed by atoms with van der Waals surface area (Å²) >= 11 is 0. The van der Waals surface area contributed by atoms with Crippen molar-refractivity contribution >= 4 is 5.69 Å². The molecule has 0 radical (unpaired) electrons. The topological polar surface area (TPSA) is 27.0 Å². The van der Waals surface area contributed by atoms with Crippen LogP contribution in [0, 0.1) is 27.7 Å². The predicted molar refractivity (Wildman–Crippen MR) is 212 cm³/mol. The number of pyridine rings is 1. The van der Waals surface area contributed by atoms with Crippen LogP contribution in [0.4, 0.5) is 5.69 Å². The molecule has 0 N–H and O–H groups in total. The van der Waals surface area contributed by atoms with E-state index >= 15 is 0 Å². The van der Waals surface area contributed by atoms with E-state index in [0.717, 1.165) is 40.2 Å². The number of benzene rings is 5. The third kappa shape index (κ3) is 15.4. The fraction of sp³-hybridized carbons (Fsp3) is 0.191. The third-order valence-electron chi connectivity index (χ3n) is 7.68. The first-order valence-electron chi connectivity index (χ1n) is 17.1. The first-order valence-corrected chi connectivity index (χ1v) is 17.1. The molecule has 1 aromatic heterocycles. The van der Waals surface area contributed by atoms with Crippen LogP contribution in [0.25, 0.3) is 5.32 Å². The van der Waals surface area contributed by atoms with E-state index in [1.165, 1.54) is 16.7 Å². The number of para-hydroxylation sites is 1. The molecule has 0 aliphatic rings. The van der Waals surface area contributed by atoms with Crippen LogP contribution in [0.1, 0.15) is 90.3 Å². The first-order chi connectivity index (χ1) is 23.6. The van der Waals surface area contributed by atoms with Gasteiger partial charge in [0, 0.05) is 37.2 Å². The van der Waals surface area contributed by atoms with Crippen LogP contribution in [-0.4, -0.2) is 4.98 Å². The summed E-state index contributed by atoms with van der Waals surface area (Å²) in [7, 11) is 0. The molecule has 0 aliphatic heterocycles. The van der Waals surface area contributed by atoms with Crippen molar-refractivity contribution in [2.75, 3.05) is 0 Å². The van der Waals surface area contributed by atoms with Crippen molar-refractivity contribution in [2.24, 2.45) is 0 Å². The van der Waals surface area contributed by atoms with Gasteiger partial charge in [-0.2, -0.15) is 73.9 Å². The molecule has 2 nitrogen and oxygen atoms in total. The molecule has 1 unspecified atom stereocenters. The Morgan fingerprint density at radius 3 is 1.22 bits per heavy atom. The molecular formula is C47H52HfN2-4. The molecule has 0 bridgehead atoms. The monoisotopic (exact) mass is 824 g/mol. The molecule has 0 aliphatic carbocycles. The average Bonchev–Trinajstić information content (AvgIpc) is 3.10. The van der Waals surface area contributed by atoms with Crippen molar-refractivity contribution < 1.29 is 25.8 Å². The Kier molecular flexibility index (Phi) is 19.2. The van der Waals surface area contributed by atoms with Crippen LogP contribution in [0.5, 0.6) is 0 Å². The van der Waals surface area contributed by atoms with Gasteiger partial charge in [0.05, 0.1) is 0 Å². The minimum Gasteiger partial charge on any atom is -0.676 e. The molecule has 3 heteroatoms. The van der Waals surface area contributed by atoms with E-state index in [0.29, 0.717) is 11.8 Å². The second kappa shape index (κ2) is 23.0. The summed E-state index contributed by atoms with van der Waals surface area (Å²) in [4.78, 5) is 4.82. The number of hydrogen-bond acceptors (Lipinski definition) is 1. The van der Waals surface area contributed by atoms with Crippen molar-refractivity contribution in [3.63, 3.8) is 0 Å². The summed E-state index contributed by atoms with van der Waals surface area (Å²) in [5.41, 5.74) is 10.4. The number of rotatable bonds is 7. The molecule has 1 heterocycles. The SMILES string of the molecule is Cc1cccc(C(Cc2ccccc2)[N-]c2c(C(C)C)cccc2C(C)C)n1.[CH2-]c1ccccc1.[CH2-]c1ccccc1.[CH2-]c1ccccc1.[Hf]. The van der Waals surface area contributed by atoms with E-state index in [9.17, 15) is 0 Å². The van der Waals surface area contributed by atoms with Gasteiger partial charge in [-0.25, -0.2) is 0 Å². The zero-order chi connectivity index (χ0) is 35.4. The van der Waals surface area contributed by atoms with Crippen LogP contribution in [0.2, 0.25) is 0 Å². The molecule has 0 amide bonds. The van der Waals surface area contributed by atoms with Crippen molar-refractivity contribution in [1.82, 2.24) is 4.98 Å². The standard InChI is InChI=1S/C26H31N2.3C7H7.Hf/c1-18(2)22-14-10-15-23(19(3)4)26(22)28-25(17-21-12-7-6-8-13-21)24-16-9-11-20(5)27-24;3*1-7-5-3-2-4-6-7;/h6-16,18-19,25H,17H2,1-5H3;3*2-6H,1H2;/q4*-1;. The predicted octanol–water partition coefficient (Wildman–Crippen LogP) is 13.2. The fourth-order valence-corrected chi connectivity index (χ4v) is 5.05. The van der Waals surface area contributed by atoms with Gasteiger partial charge in [-0.3, -0.25) is 4.98 Å². The summed E-state index contributed by atoms with van der Waals surface area (Å²) in [6.45, 7) is 22.2. The van der Waals surface area contributed by atoms with Crippen molar-refractivity contribution in [2.45, 2.75) is 58.9 Å². The molecule has 6 rings (SSSR count). The van der Waals surface area contributed by atoms with Crippen LogP contribution >= 0.6 is 0 Å². The van der Waals surface area contributed by atoms with Gasteiger partial charge in [-0.15, -0.1) is 42.1 Å². The molecule has 1 atom stereocenters. The fourth-order valence-electron chi connectivity index (χ4n) is 5.05. The second-order valence-corrected chi connectivity index (χ2v) is 12.6. The van der Waals surface area contributed by atoms with Gasteiger partial charge in [0.25, 0.3) is 0 Å². The second-order valence-electron chi connectivity index (χ2n) is 12.6. The maximum Gasteiger partial charge on any atom is 0.0375 e. The van der Waals surface area contributed by atoms with E-state index in [1.54, 1.807) is 0 Å². The quantitative estimate of drug-likeness (QED) is 0.116. The van der Waals surface area contributed by atoms with E-state index in [4.69, 9.17) is 10.3 Å². The van der Waals surface area contributed by atoms with E-state index in [2.05, 4.69) is 109 Å². The molecule has 258 valence electrons. The Hall–Kier alpha value is -4.47. The van der Waals surface area contributed by atoms with Crippen LogP contribution < -0.4 is 0 Å². The molecule has 6 aromatic rings. The molecule has 0 saturated heterocycles. The molecular weight excluding hydrogens is 771 g/mol. The summed E-state index contributed by atoms with van der Waals surface area (Å²) in [5.74, 6) is 0.862. The molecule has 5 aromatic carbocycles. The smallest absolute Gasteiger partial charge is 0.0375 e. The van der Waals surface area contributed by atoms with Gasteiger partial charge in [-0.05, 0) is 42.9 Å². The van der Waals surface area contributed by atoms with Crippen LogP contribution in [0.3, 0.4) is 0 Å². The Labute approximate surface area is 322 Å². The first kappa shape index (κ1) is 41.7. The van der Waals surface area contributed by atoms with Crippen LogP contribution in [0.15, 0.2) is 158 Å². The number of aryl methyl sites for hydroxylation is 1. The van der Waals surface area contributed by atoms with Crippen molar-refractivity contribution in [3.8, 4) is 0 Å². The minimum absolute atomic E-state index is 0. The summed E-state index contributed by atoms with van der Waals surface area (Å²) in [5, 5.41) is 5.35. The molecule has 0 spiro atoms. The Balaban J connectivity index is 0.000000315.